The Morgan fingerprint density at radius 2 is 1.72 bits per heavy atom. The summed E-state index contributed by atoms with van der Waals surface area (Å²) in [5.41, 5.74) is 3.27. The van der Waals surface area contributed by atoms with E-state index in [0.717, 1.165) is 22.0 Å². The summed E-state index contributed by atoms with van der Waals surface area (Å²) in [6.45, 7) is 0.617. The van der Waals surface area contributed by atoms with Crippen LogP contribution in [0.25, 0.3) is 21.7 Å². The maximum atomic E-state index is 12.6. The number of hydrogen-bond donors (Lipinski definition) is 1. The summed E-state index contributed by atoms with van der Waals surface area (Å²) in [6.07, 6.45) is 2.35. The third-order valence-corrected chi connectivity index (χ3v) is 4.68. The van der Waals surface area contributed by atoms with Crippen LogP contribution in [0, 0.1) is 0 Å². The third kappa shape index (κ3) is 3.13. The topological polar surface area (TPSA) is 36.1 Å². The third-order valence-electron chi connectivity index (χ3n) is 4.68. The molecule has 0 fully saturated rings. The largest absolute Gasteiger partial charge is 0.361 e. The van der Waals surface area contributed by atoms with Gasteiger partial charge >= 0.3 is 0 Å². The monoisotopic (exact) mass is 328 g/mol. The second kappa shape index (κ2) is 6.44. The minimum atomic E-state index is 0.123. The Bertz CT molecular complexity index is 1050. The highest BCUT2D eigenvalue weighted by Gasteiger charge is 2.13. The zero-order valence-corrected chi connectivity index (χ0v) is 14.2. The number of hydrogen-bond acceptors (Lipinski definition) is 1. The van der Waals surface area contributed by atoms with Crippen molar-refractivity contribution in [3.8, 4) is 0 Å². The van der Waals surface area contributed by atoms with Gasteiger partial charge in [0.1, 0.15) is 0 Å². The number of aromatic amines is 1. The Morgan fingerprint density at radius 3 is 2.60 bits per heavy atom. The number of nitrogens with one attached hydrogen (secondary N) is 1. The van der Waals surface area contributed by atoms with E-state index in [1.54, 1.807) is 4.90 Å². The van der Waals surface area contributed by atoms with Crippen LogP contribution >= 0.6 is 0 Å². The molecule has 1 N–H and O–H groups in total. The van der Waals surface area contributed by atoms with E-state index >= 15 is 0 Å². The van der Waals surface area contributed by atoms with Gasteiger partial charge in [0, 0.05) is 30.7 Å². The predicted molar refractivity (Wildman–Crippen MR) is 102 cm³/mol. The molecule has 25 heavy (non-hydrogen) atoms. The molecule has 0 unspecified atom stereocenters. The van der Waals surface area contributed by atoms with Gasteiger partial charge in [-0.3, -0.25) is 4.79 Å². The summed E-state index contributed by atoms with van der Waals surface area (Å²) in [7, 11) is 1.87. The molecule has 124 valence electrons. The van der Waals surface area contributed by atoms with Crippen molar-refractivity contribution < 1.29 is 4.79 Å². The molecule has 0 spiro atoms. The minimum Gasteiger partial charge on any atom is -0.361 e. The highest BCUT2D eigenvalue weighted by Crippen LogP contribution is 2.20. The molecule has 4 aromatic rings. The summed E-state index contributed by atoms with van der Waals surface area (Å²) in [5.74, 6) is 0.123. The zero-order valence-electron chi connectivity index (χ0n) is 14.2. The van der Waals surface area contributed by atoms with E-state index in [0.29, 0.717) is 13.0 Å². The number of H-pyrrole nitrogens is 1. The van der Waals surface area contributed by atoms with Crippen LogP contribution in [-0.4, -0.2) is 22.8 Å². The van der Waals surface area contributed by atoms with Crippen molar-refractivity contribution >= 4 is 27.6 Å². The van der Waals surface area contributed by atoms with Gasteiger partial charge in [-0.15, -0.1) is 0 Å². The van der Waals surface area contributed by atoms with E-state index in [2.05, 4.69) is 41.4 Å². The molecule has 3 aromatic carbocycles. The molecule has 3 heteroatoms. The molecule has 0 saturated heterocycles. The number of para-hydroxylation sites is 1. The van der Waals surface area contributed by atoms with Crippen molar-refractivity contribution in [1.29, 1.82) is 0 Å². The normalized spacial score (nSPS) is 11.1. The molecule has 3 nitrogen and oxygen atoms in total. The number of rotatable bonds is 4. The molecular weight excluding hydrogens is 308 g/mol. The van der Waals surface area contributed by atoms with E-state index in [1.165, 1.54) is 10.8 Å². The molecule has 1 heterocycles. The molecule has 1 amide bonds. The zero-order chi connectivity index (χ0) is 17.2. The highest BCUT2D eigenvalue weighted by molar-refractivity contribution is 5.89. The molecular formula is C22H20N2O. The van der Waals surface area contributed by atoms with Crippen molar-refractivity contribution in [3.05, 3.63) is 84.1 Å². The lowest BCUT2D eigenvalue weighted by Crippen LogP contribution is -2.27. The van der Waals surface area contributed by atoms with Gasteiger partial charge in [-0.1, -0.05) is 54.6 Å². The second-order valence-corrected chi connectivity index (χ2v) is 6.47. The second-order valence-electron chi connectivity index (χ2n) is 6.47. The SMILES string of the molecule is CN(Cc1ccc2ccccc2c1)C(=O)Cc1c[nH]c2ccccc12. The number of carbonyl (C=O) groups excluding carboxylic acids is 1. The van der Waals surface area contributed by atoms with E-state index in [9.17, 15) is 4.79 Å². The van der Waals surface area contributed by atoms with Gasteiger partial charge in [0.2, 0.25) is 5.91 Å². The predicted octanol–water partition coefficient (Wildman–Crippen LogP) is 4.52. The van der Waals surface area contributed by atoms with Crippen molar-refractivity contribution in [1.82, 2.24) is 9.88 Å². The summed E-state index contributed by atoms with van der Waals surface area (Å²) in [5, 5.41) is 3.55. The van der Waals surface area contributed by atoms with Crippen LogP contribution in [0.4, 0.5) is 0 Å². The van der Waals surface area contributed by atoms with Gasteiger partial charge in [-0.05, 0) is 34.0 Å². The first kappa shape index (κ1) is 15.5. The van der Waals surface area contributed by atoms with Gasteiger partial charge in [-0.2, -0.15) is 0 Å². The number of nitrogens with zero attached hydrogens (tertiary/aromatic N) is 1. The van der Waals surface area contributed by atoms with Gasteiger partial charge in [0.05, 0.1) is 6.42 Å². The van der Waals surface area contributed by atoms with Gasteiger partial charge in [0.15, 0.2) is 0 Å². The molecule has 1 aromatic heterocycles. The summed E-state index contributed by atoms with van der Waals surface area (Å²) < 4.78 is 0. The first-order valence-corrected chi connectivity index (χ1v) is 8.47. The standard InChI is InChI=1S/C22H20N2O/c1-24(15-16-10-11-17-6-2-3-7-18(17)12-16)22(25)13-19-14-23-21-9-5-4-8-20(19)21/h2-12,14,23H,13,15H2,1H3. The number of benzene rings is 3. The number of likely N-dealkylation sites (N-methyl/N-ethyl adjacent to an activating group) is 1. The lowest BCUT2D eigenvalue weighted by molar-refractivity contribution is -0.129. The lowest BCUT2D eigenvalue weighted by atomic mass is 10.1. The van der Waals surface area contributed by atoms with Crippen LogP contribution in [0.1, 0.15) is 11.1 Å². The van der Waals surface area contributed by atoms with Crippen molar-refractivity contribution in [3.63, 3.8) is 0 Å². The molecule has 0 aliphatic carbocycles. The summed E-state index contributed by atoms with van der Waals surface area (Å²) >= 11 is 0. The van der Waals surface area contributed by atoms with E-state index in [-0.39, 0.29) is 5.91 Å². The summed E-state index contributed by atoms with van der Waals surface area (Å²) in [6, 6.07) is 22.7. The molecule has 0 radical (unpaired) electrons. The number of amides is 1. The van der Waals surface area contributed by atoms with E-state index < -0.39 is 0 Å². The van der Waals surface area contributed by atoms with Gasteiger partial charge in [0.25, 0.3) is 0 Å². The maximum Gasteiger partial charge on any atom is 0.227 e. The van der Waals surface area contributed by atoms with Crippen molar-refractivity contribution in [2.45, 2.75) is 13.0 Å². The highest BCUT2D eigenvalue weighted by atomic mass is 16.2. The van der Waals surface area contributed by atoms with Crippen molar-refractivity contribution in [2.24, 2.45) is 0 Å². The Morgan fingerprint density at radius 1 is 0.960 bits per heavy atom. The number of carbonyl (C=O) groups is 1. The Hall–Kier alpha value is -3.07. The lowest BCUT2D eigenvalue weighted by Gasteiger charge is -2.17. The molecule has 0 bridgehead atoms. The first-order chi connectivity index (χ1) is 12.2. The van der Waals surface area contributed by atoms with Crippen LogP contribution in [-0.2, 0) is 17.8 Å². The van der Waals surface area contributed by atoms with E-state index in [4.69, 9.17) is 0 Å². The fourth-order valence-electron chi connectivity index (χ4n) is 3.27. The van der Waals surface area contributed by atoms with Crippen molar-refractivity contribution in [2.75, 3.05) is 7.05 Å². The maximum absolute atomic E-state index is 12.6. The van der Waals surface area contributed by atoms with Crippen LogP contribution in [0.15, 0.2) is 72.9 Å². The quantitative estimate of drug-likeness (QED) is 0.587. The smallest absolute Gasteiger partial charge is 0.227 e. The average molecular weight is 328 g/mol. The molecule has 4 rings (SSSR count). The van der Waals surface area contributed by atoms with Gasteiger partial charge < -0.3 is 9.88 Å². The Balaban J connectivity index is 1.49. The number of aromatic nitrogens is 1. The van der Waals surface area contributed by atoms with Crippen LogP contribution < -0.4 is 0 Å². The fourth-order valence-corrected chi connectivity index (χ4v) is 3.27. The molecule has 0 atom stereocenters. The van der Waals surface area contributed by atoms with Gasteiger partial charge in [-0.25, -0.2) is 0 Å². The Kier molecular flexibility index (Phi) is 3.98. The Labute approximate surface area is 146 Å². The minimum absolute atomic E-state index is 0.123. The van der Waals surface area contributed by atoms with Crippen LogP contribution in [0.5, 0.6) is 0 Å². The molecule has 0 aliphatic heterocycles. The number of fused-ring (bicyclic) bond motifs is 2. The first-order valence-electron chi connectivity index (χ1n) is 8.47. The van der Waals surface area contributed by atoms with Crippen LogP contribution in [0.3, 0.4) is 0 Å². The molecule has 0 aliphatic rings. The summed E-state index contributed by atoms with van der Waals surface area (Å²) in [4.78, 5) is 17.7. The average Bonchev–Trinajstić information content (AvgIpc) is 3.04. The van der Waals surface area contributed by atoms with Crippen LogP contribution in [0.2, 0.25) is 0 Å². The van der Waals surface area contributed by atoms with E-state index in [1.807, 2.05) is 43.6 Å². The fraction of sp³-hybridized carbons (Fsp3) is 0.136. The molecule has 0 saturated carbocycles.